The van der Waals surface area contributed by atoms with Gasteiger partial charge in [0.05, 0.1) is 5.75 Å². The fraction of sp³-hybridized carbons (Fsp3) is 0.545. The van der Waals surface area contributed by atoms with E-state index in [1.54, 1.807) is 0 Å². The molecule has 0 unspecified atom stereocenters. The first-order chi connectivity index (χ1) is 7.87. The van der Waals surface area contributed by atoms with Crippen molar-refractivity contribution in [3.05, 3.63) is 25.3 Å². The number of amides is 1. The van der Waals surface area contributed by atoms with Gasteiger partial charge in [-0.25, -0.2) is 0 Å². The molecule has 0 aliphatic heterocycles. The molecule has 0 aliphatic carbocycles. The minimum absolute atomic E-state index is 0.0731. The summed E-state index contributed by atoms with van der Waals surface area (Å²) in [5, 5.41) is 2.71. The van der Waals surface area contributed by atoms with Crippen LogP contribution in [0.3, 0.4) is 0 Å². The molecule has 0 saturated heterocycles. The predicted molar refractivity (Wildman–Crippen MR) is 69.3 cm³/mol. The molecule has 1 amide bonds. The lowest BCUT2D eigenvalue weighted by molar-refractivity contribution is -0.116. The Morgan fingerprint density at radius 3 is 2.24 bits per heavy atom. The van der Waals surface area contributed by atoms with E-state index in [-0.39, 0.29) is 11.7 Å². The molecule has 2 N–H and O–H groups in total. The van der Waals surface area contributed by atoms with Gasteiger partial charge in [-0.2, -0.15) is 8.42 Å². The largest absolute Gasteiger partial charge is 0.353 e. The number of rotatable bonds is 7. The molecule has 0 aromatic carbocycles. The lowest BCUT2D eigenvalue weighted by Crippen LogP contribution is -2.21. The van der Waals surface area contributed by atoms with Crippen LogP contribution in [0.1, 0.15) is 26.2 Å². The van der Waals surface area contributed by atoms with Gasteiger partial charge in [-0.15, -0.1) is 6.58 Å². The number of unbranched alkanes of at least 4 members (excludes halogenated alkanes) is 2. The zero-order chi connectivity index (χ0) is 13.7. The standard InChI is InChI=1S/C8H15NO.C3H6O3S/c1-3-5-6-7-9-8(10)4-2;1-2-3-7(4,5)6/h4H,2-3,5-7H2,1H3,(H,9,10);2H,1,3H2,(H,4,5,6). The summed E-state index contributed by atoms with van der Waals surface area (Å²) in [5.41, 5.74) is 0. The Balaban J connectivity index is 0. The molecule has 0 bridgehead atoms. The molecule has 0 aromatic heterocycles. The van der Waals surface area contributed by atoms with Crippen LogP contribution >= 0.6 is 0 Å². The lowest BCUT2D eigenvalue weighted by atomic mass is 10.2. The summed E-state index contributed by atoms with van der Waals surface area (Å²) < 4.78 is 27.3. The molecule has 17 heavy (non-hydrogen) atoms. The SMILES string of the molecule is C=CC(=O)NCCCCC.C=CCS(=O)(=O)O. The Labute approximate surface area is 103 Å². The van der Waals surface area contributed by atoms with Gasteiger partial charge in [0.15, 0.2) is 0 Å². The minimum Gasteiger partial charge on any atom is -0.353 e. The van der Waals surface area contributed by atoms with Crippen molar-refractivity contribution >= 4 is 16.0 Å². The van der Waals surface area contributed by atoms with Gasteiger partial charge in [0.1, 0.15) is 0 Å². The van der Waals surface area contributed by atoms with Gasteiger partial charge >= 0.3 is 0 Å². The highest BCUT2D eigenvalue weighted by Gasteiger charge is 1.95. The van der Waals surface area contributed by atoms with E-state index < -0.39 is 10.1 Å². The third-order valence-corrected chi connectivity index (χ3v) is 2.25. The average Bonchev–Trinajstić information content (AvgIpc) is 2.23. The molecule has 0 saturated carbocycles. The van der Waals surface area contributed by atoms with Gasteiger partial charge in [-0.05, 0) is 12.5 Å². The average molecular weight is 263 g/mol. The van der Waals surface area contributed by atoms with Crippen molar-refractivity contribution in [1.82, 2.24) is 5.32 Å². The van der Waals surface area contributed by atoms with Gasteiger partial charge in [-0.3, -0.25) is 9.35 Å². The van der Waals surface area contributed by atoms with Gasteiger partial charge in [-0.1, -0.05) is 32.4 Å². The Bertz CT molecular complexity index is 322. The Morgan fingerprint density at radius 2 is 1.94 bits per heavy atom. The quantitative estimate of drug-likeness (QED) is 0.316. The third kappa shape index (κ3) is 20.8. The molecular weight excluding hydrogens is 242 g/mol. The molecule has 0 rings (SSSR count). The van der Waals surface area contributed by atoms with E-state index in [0.29, 0.717) is 0 Å². The monoisotopic (exact) mass is 263 g/mol. The highest BCUT2D eigenvalue weighted by molar-refractivity contribution is 7.85. The second-order valence-electron chi connectivity index (χ2n) is 3.24. The van der Waals surface area contributed by atoms with Gasteiger partial charge in [0.2, 0.25) is 5.91 Å². The summed E-state index contributed by atoms with van der Waals surface area (Å²) in [5.74, 6) is -0.441. The van der Waals surface area contributed by atoms with E-state index in [4.69, 9.17) is 4.55 Å². The van der Waals surface area contributed by atoms with Gasteiger partial charge < -0.3 is 5.32 Å². The van der Waals surface area contributed by atoms with E-state index in [1.165, 1.54) is 18.9 Å². The highest BCUT2D eigenvalue weighted by atomic mass is 32.2. The molecule has 5 nitrogen and oxygen atoms in total. The molecule has 0 aliphatic rings. The predicted octanol–water partition coefficient (Wildman–Crippen LogP) is 1.54. The molecule has 0 radical (unpaired) electrons. The summed E-state index contributed by atoms with van der Waals surface area (Å²) in [6.45, 7) is 9.37. The van der Waals surface area contributed by atoms with E-state index in [2.05, 4.69) is 25.4 Å². The van der Waals surface area contributed by atoms with E-state index in [9.17, 15) is 13.2 Å². The molecular formula is C11H21NO4S. The van der Waals surface area contributed by atoms with Crippen LogP contribution in [0.4, 0.5) is 0 Å². The van der Waals surface area contributed by atoms with Crippen molar-refractivity contribution in [2.24, 2.45) is 0 Å². The molecule has 100 valence electrons. The van der Waals surface area contributed by atoms with Crippen LogP contribution in [0.5, 0.6) is 0 Å². The van der Waals surface area contributed by atoms with Crippen LogP contribution in [0.25, 0.3) is 0 Å². The second kappa shape index (κ2) is 11.3. The minimum atomic E-state index is -3.79. The van der Waals surface area contributed by atoms with Crippen LogP contribution in [0.15, 0.2) is 25.3 Å². The van der Waals surface area contributed by atoms with Crippen molar-refractivity contribution < 1.29 is 17.8 Å². The molecule has 0 atom stereocenters. The summed E-state index contributed by atoms with van der Waals surface area (Å²) in [6, 6.07) is 0. The lowest BCUT2D eigenvalue weighted by Gasteiger charge is -1.98. The second-order valence-corrected chi connectivity index (χ2v) is 4.74. The van der Waals surface area contributed by atoms with E-state index in [0.717, 1.165) is 19.0 Å². The Morgan fingerprint density at radius 1 is 1.35 bits per heavy atom. The topological polar surface area (TPSA) is 83.5 Å². The number of carbonyl (C=O) groups is 1. The highest BCUT2D eigenvalue weighted by Crippen LogP contribution is 1.90. The first-order valence-corrected chi connectivity index (χ1v) is 6.94. The zero-order valence-electron chi connectivity index (χ0n) is 10.2. The summed E-state index contributed by atoms with van der Waals surface area (Å²) in [7, 11) is -3.79. The first kappa shape index (κ1) is 18.2. The zero-order valence-corrected chi connectivity index (χ0v) is 11.0. The Kier molecular flexibility index (Phi) is 12.2. The number of carbonyl (C=O) groups excluding carboxylic acids is 1. The van der Waals surface area contributed by atoms with Crippen molar-refractivity contribution in [3.63, 3.8) is 0 Å². The van der Waals surface area contributed by atoms with Crippen LogP contribution < -0.4 is 5.32 Å². The van der Waals surface area contributed by atoms with Gasteiger partial charge in [0, 0.05) is 6.54 Å². The van der Waals surface area contributed by atoms with Crippen molar-refractivity contribution in [2.45, 2.75) is 26.2 Å². The van der Waals surface area contributed by atoms with Crippen molar-refractivity contribution in [3.8, 4) is 0 Å². The smallest absolute Gasteiger partial charge is 0.268 e. The molecule has 0 aromatic rings. The first-order valence-electron chi connectivity index (χ1n) is 5.33. The maximum absolute atomic E-state index is 10.5. The molecule has 0 fully saturated rings. The van der Waals surface area contributed by atoms with Crippen LogP contribution in [-0.4, -0.2) is 31.2 Å². The van der Waals surface area contributed by atoms with Crippen LogP contribution in [0.2, 0.25) is 0 Å². The fourth-order valence-corrected chi connectivity index (χ4v) is 1.11. The maximum atomic E-state index is 10.5. The summed E-state index contributed by atoms with van der Waals surface area (Å²) in [4.78, 5) is 10.5. The number of nitrogens with one attached hydrogen (secondary N) is 1. The van der Waals surface area contributed by atoms with E-state index in [1.807, 2.05) is 0 Å². The van der Waals surface area contributed by atoms with Gasteiger partial charge in [0.25, 0.3) is 10.1 Å². The normalized spacial score (nSPS) is 9.76. The van der Waals surface area contributed by atoms with Crippen molar-refractivity contribution in [2.75, 3.05) is 12.3 Å². The number of hydrogen-bond donors (Lipinski definition) is 2. The fourth-order valence-electron chi connectivity index (χ4n) is 0.808. The number of hydrogen-bond acceptors (Lipinski definition) is 3. The van der Waals surface area contributed by atoms with Crippen molar-refractivity contribution in [1.29, 1.82) is 0 Å². The van der Waals surface area contributed by atoms with E-state index >= 15 is 0 Å². The molecule has 6 heteroatoms. The Hall–Kier alpha value is -1.14. The third-order valence-electron chi connectivity index (χ3n) is 1.59. The maximum Gasteiger partial charge on any atom is 0.268 e. The van der Waals surface area contributed by atoms with Crippen LogP contribution in [0, 0.1) is 0 Å². The molecule has 0 spiro atoms. The summed E-state index contributed by atoms with van der Waals surface area (Å²) >= 11 is 0. The summed E-state index contributed by atoms with van der Waals surface area (Å²) in [6.07, 6.45) is 5.85. The molecule has 0 heterocycles. The van der Waals surface area contributed by atoms with Crippen LogP contribution in [-0.2, 0) is 14.9 Å².